The van der Waals surface area contributed by atoms with Crippen molar-refractivity contribution < 1.29 is 39.5 Å². The molecule has 0 fully saturated rings. The normalized spacial score (nSPS) is 7.00. The Labute approximate surface area is 72.7 Å². The van der Waals surface area contributed by atoms with Crippen LogP contribution in [0.4, 0.5) is 0 Å². The molecule has 36 valence electrons. The van der Waals surface area contributed by atoms with E-state index < -0.39 is 5.97 Å². The molecule has 0 spiro atoms. The van der Waals surface area contributed by atoms with Crippen LogP contribution < -0.4 is 34.7 Å². The number of alkyl halides is 1. The summed E-state index contributed by atoms with van der Waals surface area (Å²) in [6.45, 7) is 0. The number of aliphatic carboxylic acids is 1. The van der Waals surface area contributed by atoms with E-state index in [0.717, 1.165) is 0 Å². The fraction of sp³-hybridized carbons (Fsp3) is 0.667. The number of rotatable bonds is 2. The molecule has 0 saturated heterocycles. The molecule has 0 aromatic heterocycles. The second-order valence-corrected chi connectivity index (χ2v) is 1.60. The zero-order valence-corrected chi connectivity index (χ0v) is 7.69. The quantitative estimate of drug-likeness (QED) is 0.323. The molecule has 0 N–H and O–H groups in total. The summed E-state index contributed by atoms with van der Waals surface area (Å²) in [5.41, 5.74) is 0. The van der Waals surface area contributed by atoms with Gasteiger partial charge in [0.15, 0.2) is 0 Å². The van der Waals surface area contributed by atoms with Crippen LogP contribution in [0.25, 0.3) is 0 Å². The SMILES string of the molecule is O=C([O-])CCBr.[Na+]. The van der Waals surface area contributed by atoms with Crippen molar-refractivity contribution in [3.8, 4) is 0 Å². The van der Waals surface area contributed by atoms with Crippen LogP contribution in [0.2, 0.25) is 0 Å². The summed E-state index contributed by atoms with van der Waals surface area (Å²) in [5, 5.41) is 9.94. The van der Waals surface area contributed by atoms with E-state index in [2.05, 4.69) is 15.9 Å². The first-order chi connectivity index (χ1) is 2.77. The van der Waals surface area contributed by atoms with Gasteiger partial charge in [-0.15, -0.1) is 0 Å². The van der Waals surface area contributed by atoms with Crippen molar-refractivity contribution in [1.29, 1.82) is 0 Å². The Morgan fingerprint density at radius 1 is 1.71 bits per heavy atom. The standard InChI is InChI=1S/C3H5BrO2.Na/c4-2-1-3(5)6;/h1-2H2,(H,5,6);/q;+1/p-1. The molecule has 0 bridgehead atoms. The van der Waals surface area contributed by atoms with Crippen molar-refractivity contribution in [2.45, 2.75) is 6.42 Å². The molecule has 0 atom stereocenters. The summed E-state index contributed by atoms with van der Waals surface area (Å²) in [5.74, 6) is -1.01. The van der Waals surface area contributed by atoms with Gasteiger partial charge in [0.25, 0.3) is 0 Å². The van der Waals surface area contributed by atoms with E-state index in [-0.39, 0.29) is 36.0 Å². The molecular formula is C3H4BrNaO2. The Balaban J connectivity index is 0. The number of carbonyl (C=O) groups excluding carboxylic acids is 1. The second-order valence-electron chi connectivity index (χ2n) is 0.811. The predicted molar refractivity (Wildman–Crippen MR) is 23.4 cm³/mol. The van der Waals surface area contributed by atoms with Crippen LogP contribution in [-0.4, -0.2) is 11.3 Å². The Morgan fingerprint density at radius 3 is 2.14 bits per heavy atom. The minimum atomic E-state index is -1.01. The van der Waals surface area contributed by atoms with Crippen molar-refractivity contribution in [2.24, 2.45) is 0 Å². The van der Waals surface area contributed by atoms with Gasteiger partial charge >= 0.3 is 29.6 Å². The van der Waals surface area contributed by atoms with Gasteiger partial charge in [0.05, 0.1) is 0 Å². The number of carbonyl (C=O) groups is 1. The van der Waals surface area contributed by atoms with Gasteiger partial charge in [-0.05, 0) is 6.42 Å². The molecule has 0 aromatic rings. The number of halogens is 1. The number of hydrogen-bond donors (Lipinski definition) is 0. The Bertz CT molecular complexity index is 56.9. The Morgan fingerprint density at radius 2 is 2.14 bits per heavy atom. The zero-order valence-electron chi connectivity index (χ0n) is 4.11. The first-order valence-corrected chi connectivity index (χ1v) is 2.65. The fourth-order valence-electron chi connectivity index (χ4n) is 0.0772. The molecule has 0 unspecified atom stereocenters. The molecule has 0 aromatic carbocycles. The summed E-state index contributed by atoms with van der Waals surface area (Å²) in [7, 11) is 0. The third-order valence-corrected chi connectivity index (χ3v) is 0.695. The molecule has 0 aliphatic heterocycles. The number of carboxylic acid groups (broad SMARTS) is 1. The van der Waals surface area contributed by atoms with Crippen LogP contribution in [0.15, 0.2) is 0 Å². The molecular weight excluding hydrogens is 171 g/mol. The van der Waals surface area contributed by atoms with Gasteiger partial charge < -0.3 is 9.90 Å². The van der Waals surface area contributed by atoms with Crippen LogP contribution in [-0.2, 0) is 4.79 Å². The topological polar surface area (TPSA) is 40.1 Å². The molecule has 0 heterocycles. The summed E-state index contributed by atoms with van der Waals surface area (Å²) in [6.07, 6.45) is 0.0972. The van der Waals surface area contributed by atoms with Gasteiger partial charge in [-0.3, -0.25) is 0 Å². The van der Waals surface area contributed by atoms with Crippen molar-refractivity contribution in [3.05, 3.63) is 0 Å². The molecule has 0 aliphatic rings. The molecule has 0 saturated carbocycles. The fourth-order valence-corrected chi connectivity index (χ4v) is 0.401. The third-order valence-electron chi connectivity index (χ3n) is 0.299. The van der Waals surface area contributed by atoms with Crippen LogP contribution in [0.3, 0.4) is 0 Å². The molecule has 7 heavy (non-hydrogen) atoms. The Kier molecular flexibility index (Phi) is 10.8. The van der Waals surface area contributed by atoms with Crippen molar-refractivity contribution in [2.75, 3.05) is 5.33 Å². The zero-order chi connectivity index (χ0) is 4.99. The van der Waals surface area contributed by atoms with E-state index in [9.17, 15) is 9.90 Å². The van der Waals surface area contributed by atoms with Crippen molar-refractivity contribution >= 4 is 21.9 Å². The van der Waals surface area contributed by atoms with Crippen molar-refractivity contribution in [1.82, 2.24) is 0 Å². The molecule has 2 nitrogen and oxygen atoms in total. The third kappa shape index (κ3) is 10.9. The van der Waals surface area contributed by atoms with E-state index in [1.807, 2.05) is 0 Å². The van der Waals surface area contributed by atoms with Gasteiger partial charge in [0.1, 0.15) is 0 Å². The predicted octanol–water partition coefficient (Wildman–Crippen LogP) is -3.47. The van der Waals surface area contributed by atoms with Gasteiger partial charge in [-0.1, -0.05) is 15.9 Å². The van der Waals surface area contributed by atoms with Gasteiger partial charge in [0, 0.05) is 11.3 Å². The molecule has 4 heteroatoms. The largest absolute Gasteiger partial charge is 1.00 e. The summed E-state index contributed by atoms with van der Waals surface area (Å²) < 4.78 is 0. The van der Waals surface area contributed by atoms with Crippen LogP contribution >= 0.6 is 15.9 Å². The van der Waals surface area contributed by atoms with Crippen LogP contribution in [0, 0.1) is 0 Å². The first-order valence-electron chi connectivity index (χ1n) is 1.53. The maximum Gasteiger partial charge on any atom is 1.00 e. The van der Waals surface area contributed by atoms with E-state index in [1.165, 1.54) is 0 Å². The molecule has 0 radical (unpaired) electrons. The molecule has 0 amide bonds. The summed E-state index contributed by atoms with van der Waals surface area (Å²) in [4.78, 5) is 9.46. The van der Waals surface area contributed by atoms with Crippen molar-refractivity contribution in [3.63, 3.8) is 0 Å². The average molecular weight is 175 g/mol. The van der Waals surface area contributed by atoms with Crippen LogP contribution in [0.5, 0.6) is 0 Å². The maximum atomic E-state index is 9.46. The molecule has 0 aliphatic carbocycles. The molecule has 0 rings (SSSR count). The first kappa shape index (κ1) is 10.8. The van der Waals surface area contributed by atoms with Gasteiger partial charge in [0.2, 0.25) is 0 Å². The minimum absolute atomic E-state index is 0. The monoisotopic (exact) mass is 174 g/mol. The number of carboxylic acids is 1. The van der Waals surface area contributed by atoms with Crippen LogP contribution in [0.1, 0.15) is 6.42 Å². The van der Waals surface area contributed by atoms with E-state index in [0.29, 0.717) is 5.33 Å². The van der Waals surface area contributed by atoms with Gasteiger partial charge in [-0.25, -0.2) is 0 Å². The summed E-state index contributed by atoms with van der Waals surface area (Å²) in [6, 6.07) is 0. The number of hydrogen-bond acceptors (Lipinski definition) is 2. The minimum Gasteiger partial charge on any atom is -0.550 e. The second kappa shape index (κ2) is 6.95. The van der Waals surface area contributed by atoms with Gasteiger partial charge in [-0.2, -0.15) is 0 Å². The summed E-state index contributed by atoms with van der Waals surface area (Å²) >= 11 is 2.93. The Hall–Kier alpha value is 0.950. The van der Waals surface area contributed by atoms with E-state index in [4.69, 9.17) is 0 Å². The smallest absolute Gasteiger partial charge is 0.550 e. The van der Waals surface area contributed by atoms with E-state index in [1.54, 1.807) is 0 Å². The maximum absolute atomic E-state index is 9.46. The van der Waals surface area contributed by atoms with E-state index >= 15 is 0 Å². The average Bonchev–Trinajstić information content (AvgIpc) is 1.35.